The maximum absolute atomic E-state index is 12.8. The van der Waals surface area contributed by atoms with Crippen LogP contribution in [0.5, 0.6) is 0 Å². The van der Waals surface area contributed by atoms with Crippen molar-refractivity contribution in [3.05, 3.63) is 35.9 Å². The van der Waals surface area contributed by atoms with Gasteiger partial charge < -0.3 is 9.47 Å². The fourth-order valence-electron chi connectivity index (χ4n) is 2.58. The molecule has 1 atom stereocenters. The molecule has 21 heavy (non-hydrogen) atoms. The van der Waals surface area contributed by atoms with E-state index < -0.39 is 14.8 Å². The SMILES string of the molecule is CCCCCS(=O)(=O)C1(Cc2ccccc2)COCCO1. The Morgan fingerprint density at radius 3 is 2.52 bits per heavy atom. The molecule has 0 amide bonds. The molecular weight excluding hydrogens is 288 g/mol. The van der Waals surface area contributed by atoms with Crippen LogP contribution >= 0.6 is 0 Å². The molecule has 1 fully saturated rings. The summed E-state index contributed by atoms with van der Waals surface area (Å²) in [5, 5.41) is 0. The zero-order valence-corrected chi connectivity index (χ0v) is 13.4. The van der Waals surface area contributed by atoms with Gasteiger partial charge in [-0.2, -0.15) is 0 Å². The zero-order valence-electron chi connectivity index (χ0n) is 12.6. The fourth-order valence-corrected chi connectivity index (χ4v) is 4.45. The monoisotopic (exact) mass is 312 g/mol. The van der Waals surface area contributed by atoms with Crippen LogP contribution in [0.3, 0.4) is 0 Å². The van der Waals surface area contributed by atoms with Gasteiger partial charge in [0.05, 0.1) is 25.6 Å². The normalized spacial score (nSPS) is 23.1. The van der Waals surface area contributed by atoms with E-state index in [1.807, 2.05) is 30.3 Å². The van der Waals surface area contributed by atoms with Crippen LogP contribution in [0.2, 0.25) is 0 Å². The van der Waals surface area contributed by atoms with Crippen molar-refractivity contribution in [3.63, 3.8) is 0 Å². The summed E-state index contributed by atoms with van der Waals surface area (Å²) in [4.78, 5) is -1.22. The second-order valence-electron chi connectivity index (χ2n) is 5.50. The van der Waals surface area contributed by atoms with Gasteiger partial charge in [-0.3, -0.25) is 0 Å². The van der Waals surface area contributed by atoms with E-state index in [1.54, 1.807) is 0 Å². The largest absolute Gasteiger partial charge is 0.375 e. The minimum atomic E-state index is -3.36. The Bertz CT molecular complexity index is 518. The van der Waals surface area contributed by atoms with Crippen LogP contribution in [-0.2, 0) is 25.7 Å². The molecule has 4 nitrogen and oxygen atoms in total. The molecule has 0 radical (unpaired) electrons. The first kappa shape index (κ1) is 16.5. The lowest BCUT2D eigenvalue weighted by Gasteiger charge is -2.36. The third kappa shape index (κ3) is 4.05. The van der Waals surface area contributed by atoms with Crippen molar-refractivity contribution in [2.45, 2.75) is 37.5 Å². The topological polar surface area (TPSA) is 52.6 Å². The van der Waals surface area contributed by atoms with Crippen molar-refractivity contribution in [2.24, 2.45) is 0 Å². The van der Waals surface area contributed by atoms with Crippen molar-refractivity contribution in [3.8, 4) is 0 Å². The molecule has 118 valence electrons. The van der Waals surface area contributed by atoms with E-state index in [2.05, 4.69) is 6.92 Å². The van der Waals surface area contributed by atoms with Gasteiger partial charge in [0.1, 0.15) is 0 Å². The quantitative estimate of drug-likeness (QED) is 0.726. The van der Waals surface area contributed by atoms with Crippen molar-refractivity contribution in [1.29, 1.82) is 0 Å². The van der Waals surface area contributed by atoms with Gasteiger partial charge in [-0.25, -0.2) is 8.42 Å². The van der Waals surface area contributed by atoms with Crippen molar-refractivity contribution in [2.75, 3.05) is 25.6 Å². The Morgan fingerprint density at radius 2 is 1.90 bits per heavy atom. The van der Waals surface area contributed by atoms with Crippen LogP contribution in [0.4, 0.5) is 0 Å². The van der Waals surface area contributed by atoms with E-state index in [-0.39, 0.29) is 12.4 Å². The Hall–Kier alpha value is -0.910. The van der Waals surface area contributed by atoms with Gasteiger partial charge in [0, 0.05) is 6.42 Å². The highest BCUT2D eigenvalue weighted by molar-refractivity contribution is 7.92. The lowest BCUT2D eigenvalue weighted by molar-refractivity contribution is -0.111. The summed E-state index contributed by atoms with van der Waals surface area (Å²) in [6.07, 6.45) is 2.95. The maximum Gasteiger partial charge on any atom is 0.195 e. The predicted octanol–water partition coefficient (Wildman–Crippen LogP) is 2.58. The Labute approximate surface area is 127 Å². The molecular formula is C16H24O4S. The molecule has 1 heterocycles. The van der Waals surface area contributed by atoms with Gasteiger partial charge in [-0.05, 0) is 12.0 Å². The first-order valence-electron chi connectivity index (χ1n) is 7.57. The maximum atomic E-state index is 12.8. The molecule has 0 bridgehead atoms. The average Bonchev–Trinajstić information content (AvgIpc) is 2.49. The van der Waals surface area contributed by atoms with Crippen LogP contribution in [0, 0.1) is 0 Å². The highest BCUT2D eigenvalue weighted by Gasteiger charge is 2.46. The number of rotatable bonds is 7. The summed E-state index contributed by atoms with van der Waals surface area (Å²) in [5.41, 5.74) is 0.960. The zero-order chi connectivity index (χ0) is 15.2. The molecule has 1 aliphatic rings. The predicted molar refractivity (Wildman–Crippen MR) is 83.0 cm³/mol. The van der Waals surface area contributed by atoms with Crippen molar-refractivity contribution >= 4 is 9.84 Å². The molecule has 0 spiro atoms. The van der Waals surface area contributed by atoms with E-state index in [0.717, 1.165) is 18.4 Å². The number of sulfone groups is 1. The minimum absolute atomic E-state index is 0.121. The molecule has 0 aromatic heterocycles. The van der Waals surface area contributed by atoms with Crippen LogP contribution in [-0.4, -0.2) is 38.9 Å². The summed E-state index contributed by atoms with van der Waals surface area (Å²) < 4.78 is 36.8. The minimum Gasteiger partial charge on any atom is -0.375 e. The molecule has 5 heteroatoms. The first-order valence-corrected chi connectivity index (χ1v) is 9.23. The van der Waals surface area contributed by atoms with E-state index in [0.29, 0.717) is 26.1 Å². The lowest BCUT2D eigenvalue weighted by Crippen LogP contribution is -2.52. The third-order valence-corrected chi connectivity index (χ3v) is 6.15. The summed E-state index contributed by atoms with van der Waals surface area (Å²) in [6, 6.07) is 9.61. The van der Waals surface area contributed by atoms with Crippen LogP contribution in [0.25, 0.3) is 0 Å². The molecule has 0 aliphatic carbocycles. The molecule has 1 saturated heterocycles. The molecule has 0 N–H and O–H groups in total. The molecule has 2 rings (SSSR count). The second-order valence-corrected chi connectivity index (χ2v) is 7.88. The van der Waals surface area contributed by atoms with E-state index in [4.69, 9.17) is 9.47 Å². The highest BCUT2D eigenvalue weighted by atomic mass is 32.2. The van der Waals surface area contributed by atoms with Gasteiger partial charge >= 0.3 is 0 Å². The number of hydrogen-bond acceptors (Lipinski definition) is 4. The van der Waals surface area contributed by atoms with Gasteiger partial charge in [-0.1, -0.05) is 50.1 Å². The Kier molecular flexibility index (Phi) is 5.79. The van der Waals surface area contributed by atoms with Crippen LogP contribution in [0.1, 0.15) is 31.7 Å². The average molecular weight is 312 g/mol. The van der Waals surface area contributed by atoms with Gasteiger partial charge in [0.25, 0.3) is 0 Å². The molecule has 1 aromatic carbocycles. The number of ether oxygens (including phenoxy) is 2. The van der Waals surface area contributed by atoms with E-state index in [1.165, 1.54) is 0 Å². The summed E-state index contributed by atoms with van der Waals surface area (Å²) in [6.45, 7) is 2.98. The smallest absolute Gasteiger partial charge is 0.195 e. The van der Waals surface area contributed by atoms with Gasteiger partial charge in [0.2, 0.25) is 0 Å². The fraction of sp³-hybridized carbons (Fsp3) is 0.625. The number of unbranched alkanes of at least 4 members (excludes halogenated alkanes) is 2. The first-order chi connectivity index (χ1) is 10.1. The van der Waals surface area contributed by atoms with Gasteiger partial charge in [0.15, 0.2) is 14.8 Å². The molecule has 1 aliphatic heterocycles. The van der Waals surface area contributed by atoms with Crippen LogP contribution in [0.15, 0.2) is 30.3 Å². The summed E-state index contributed by atoms with van der Waals surface area (Å²) in [7, 11) is -3.36. The van der Waals surface area contributed by atoms with Crippen molar-refractivity contribution < 1.29 is 17.9 Å². The Morgan fingerprint density at radius 1 is 1.14 bits per heavy atom. The van der Waals surface area contributed by atoms with Crippen molar-refractivity contribution in [1.82, 2.24) is 0 Å². The van der Waals surface area contributed by atoms with Gasteiger partial charge in [-0.15, -0.1) is 0 Å². The van der Waals surface area contributed by atoms with Crippen LogP contribution < -0.4 is 0 Å². The third-order valence-electron chi connectivity index (χ3n) is 3.81. The summed E-state index contributed by atoms with van der Waals surface area (Å²) >= 11 is 0. The second kappa shape index (κ2) is 7.38. The van der Waals surface area contributed by atoms with E-state index in [9.17, 15) is 8.42 Å². The highest BCUT2D eigenvalue weighted by Crippen LogP contribution is 2.29. The number of benzene rings is 1. The lowest BCUT2D eigenvalue weighted by atomic mass is 10.1. The Balaban J connectivity index is 2.20. The number of hydrogen-bond donors (Lipinski definition) is 0. The standard InChI is InChI=1S/C16H24O4S/c1-2-3-7-12-21(17,18)16(14-19-10-11-20-16)13-15-8-5-4-6-9-15/h4-6,8-9H,2-3,7,10-14H2,1H3. The molecule has 1 unspecified atom stereocenters. The molecule has 0 saturated carbocycles. The van der Waals surface area contributed by atoms with E-state index >= 15 is 0 Å². The summed E-state index contributed by atoms with van der Waals surface area (Å²) in [5.74, 6) is 0.164. The molecule has 1 aromatic rings.